The summed E-state index contributed by atoms with van der Waals surface area (Å²) < 4.78 is 0. The first kappa shape index (κ1) is 14.1. The summed E-state index contributed by atoms with van der Waals surface area (Å²) in [6, 6.07) is 10.7. The Labute approximate surface area is 120 Å². The van der Waals surface area contributed by atoms with Crippen LogP contribution in [0.15, 0.2) is 41.1 Å². The smallest absolute Gasteiger partial charge is 0.0393 e. The average molecular weight is 274 g/mol. The van der Waals surface area contributed by atoms with Crippen LogP contribution in [0.4, 0.5) is 5.69 Å². The van der Waals surface area contributed by atoms with Gasteiger partial charge < -0.3 is 10.2 Å². The minimum atomic E-state index is 1.02. The highest BCUT2D eigenvalue weighted by atomic mass is 32.1. The highest BCUT2D eigenvalue weighted by Crippen LogP contribution is 2.16. The molecule has 1 heterocycles. The molecule has 0 unspecified atom stereocenters. The van der Waals surface area contributed by atoms with Gasteiger partial charge in [-0.3, -0.25) is 0 Å². The lowest BCUT2D eigenvalue weighted by Crippen LogP contribution is -2.30. The van der Waals surface area contributed by atoms with E-state index in [1.54, 1.807) is 11.3 Å². The molecular formula is C16H22N2S. The summed E-state index contributed by atoms with van der Waals surface area (Å²) in [4.78, 5) is 2.31. The van der Waals surface area contributed by atoms with E-state index >= 15 is 0 Å². The van der Waals surface area contributed by atoms with E-state index in [9.17, 15) is 0 Å². The molecule has 1 N–H and O–H groups in total. The predicted octanol–water partition coefficient (Wildman–Crippen LogP) is 3.33. The molecule has 102 valence electrons. The Kier molecular flexibility index (Phi) is 5.43. The second kappa shape index (κ2) is 7.31. The van der Waals surface area contributed by atoms with Gasteiger partial charge >= 0.3 is 0 Å². The molecule has 3 heteroatoms. The van der Waals surface area contributed by atoms with E-state index in [1.807, 2.05) is 0 Å². The van der Waals surface area contributed by atoms with Crippen LogP contribution in [0.5, 0.6) is 0 Å². The number of hydrogen-bond acceptors (Lipinski definition) is 3. The van der Waals surface area contributed by atoms with E-state index in [0.29, 0.717) is 0 Å². The molecule has 1 aromatic carbocycles. The maximum Gasteiger partial charge on any atom is 0.0393 e. The van der Waals surface area contributed by atoms with Gasteiger partial charge in [0.25, 0.3) is 0 Å². The molecule has 19 heavy (non-hydrogen) atoms. The lowest BCUT2D eigenvalue weighted by atomic mass is 10.2. The molecule has 0 saturated carbocycles. The van der Waals surface area contributed by atoms with Crippen LogP contribution in [0.25, 0.3) is 0 Å². The standard InChI is InChI=1S/C16H22N2S/c1-14-5-3-4-6-16(14)18(2)11-10-17-9-7-15-8-12-19-13-15/h3-6,8,12-13,17H,7,9-11H2,1-2H3. The number of anilines is 1. The molecule has 0 saturated heterocycles. The van der Waals surface area contributed by atoms with Crippen LogP contribution in [0.2, 0.25) is 0 Å². The fraction of sp³-hybridized carbons (Fsp3) is 0.375. The first-order valence-electron chi connectivity index (χ1n) is 6.76. The Morgan fingerprint density at radius 2 is 2.00 bits per heavy atom. The number of rotatable bonds is 7. The van der Waals surface area contributed by atoms with Gasteiger partial charge in [-0.1, -0.05) is 18.2 Å². The third-order valence-electron chi connectivity index (χ3n) is 3.32. The van der Waals surface area contributed by atoms with Crippen LogP contribution >= 0.6 is 11.3 Å². The first-order valence-corrected chi connectivity index (χ1v) is 7.70. The zero-order valence-electron chi connectivity index (χ0n) is 11.7. The van der Waals surface area contributed by atoms with Crippen molar-refractivity contribution in [3.8, 4) is 0 Å². The number of para-hydroxylation sites is 1. The molecular weight excluding hydrogens is 252 g/mol. The summed E-state index contributed by atoms with van der Waals surface area (Å²) in [5, 5.41) is 7.87. The molecule has 0 aliphatic carbocycles. The van der Waals surface area contributed by atoms with E-state index < -0.39 is 0 Å². The van der Waals surface area contributed by atoms with Crippen molar-refractivity contribution >= 4 is 17.0 Å². The van der Waals surface area contributed by atoms with Crippen molar-refractivity contribution in [1.82, 2.24) is 5.32 Å². The van der Waals surface area contributed by atoms with E-state index in [-0.39, 0.29) is 0 Å². The largest absolute Gasteiger partial charge is 0.373 e. The zero-order chi connectivity index (χ0) is 13.5. The Balaban J connectivity index is 1.67. The fourth-order valence-electron chi connectivity index (χ4n) is 2.15. The number of nitrogens with zero attached hydrogens (tertiary/aromatic N) is 1. The number of thiophene rings is 1. The topological polar surface area (TPSA) is 15.3 Å². The van der Waals surface area contributed by atoms with E-state index in [2.05, 4.69) is 65.3 Å². The molecule has 0 bridgehead atoms. The minimum absolute atomic E-state index is 1.02. The molecule has 0 aliphatic rings. The SMILES string of the molecule is Cc1ccccc1N(C)CCNCCc1ccsc1. The van der Waals surface area contributed by atoms with Gasteiger partial charge in [0.2, 0.25) is 0 Å². The highest BCUT2D eigenvalue weighted by molar-refractivity contribution is 7.07. The van der Waals surface area contributed by atoms with Crippen LogP contribution in [0.3, 0.4) is 0 Å². The minimum Gasteiger partial charge on any atom is -0.373 e. The molecule has 0 atom stereocenters. The van der Waals surface area contributed by atoms with Crippen molar-refractivity contribution in [1.29, 1.82) is 0 Å². The molecule has 2 aromatic rings. The van der Waals surface area contributed by atoms with Crippen molar-refractivity contribution in [2.75, 3.05) is 31.6 Å². The zero-order valence-corrected chi connectivity index (χ0v) is 12.5. The monoisotopic (exact) mass is 274 g/mol. The molecule has 2 rings (SSSR count). The van der Waals surface area contributed by atoms with Gasteiger partial charge in [-0.15, -0.1) is 0 Å². The second-order valence-corrected chi connectivity index (χ2v) is 5.62. The van der Waals surface area contributed by atoms with E-state index in [1.165, 1.54) is 16.8 Å². The third kappa shape index (κ3) is 4.37. The van der Waals surface area contributed by atoms with Crippen LogP contribution in [-0.2, 0) is 6.42 Å². The van der Waals surface area contributed by atoms with E-state index in [0.717, 1.165) is 26.1 Å². The summed E-state index contributed by atoms with van der Waals surface area (Å²) in [6.07, 6.45) is 1.12. The van der Waals surface area contributed by atoms with Crippen LogP contribution in [0.1, 0.15) is 11.1 Å². The predicted molar refractivity (Wildman–Crippen MR) is 85.3 cm³/mol. The van der Waals surface area contributed by atoms with Crippen LogP contribution < -0.4 is 10.2 Å². The molecule has 2 nitrogen and oxygen atoms in total. The summed E-state index contributed by atoms with van der Waals surface area (Å²) in [5.74, 6) is 0. The Bertz CT molecular complexity index is 479. The van der Waals surface area contributed by atoms with Crippen LogP contribution in [0, 0.1) is 6.92 Å². The van der Waals surface area contributed by atoms with Crippen molar-refractivity contribution in [3.05, 3.63) is 52.2 Å². The van der Waals surface area contributed by atoms with Crippen molar-refractivity contribution < 1.29 is 0 Å². The normalized spacial score (nSPS) is 10.6. The summed E-state index contributed by atoms with van der Waals surface area (Å²) in [7, 11) is 2.16. The molecule has 0 spiro atoms. The first-order chi connectivity index (χ1) is 9.27. The fourth-order valence-corrected chi connectivity index (χ4v) is 2.85. The molecule has 1 aromatic heterocycles. The third-order valence-corrected chi connectivity index (χ3v) is 4.05. The van der Waals surface area contributed by atoms with Crippen LogP contribution in [-0.4, -0.2) is 26.7 Å². The van der Waals surface area contributed by atoms with Crippen molar-refractivity contribution in [3.63, 3.8) is 0 Å². The van der Waals surface area contributed by atoms with Gasteiger partial charge in [-0.2, -0.15) is 11.3 Å². The summed E-state index contributed by atoms with van der Waals surface area (Å²) in [5.41, 5.74) is 4.09. The number of nitrogens with one attached hydrogen (secondary N) is 1. The number of benzene rings is 1. The lowest BCUT2D eigenvalue weighted by Gasteiger charge is -2.21. The van der Waals surface area contributed by atoms with Crippen molar-refractivity contribution in [2.45, 2.75) is 13.3 Å². The summed E-state index contributed by atoms with van der Waals surface area (Å²) in [6.45, 7) is 5.28. The molecule has 0 fully saturated rings. The Morgan fingerprint density at radius 1 is 1.16 bits per heavy atom. The van der Waals surface area contributed by atoms with E-state index in [4.69, 9.17) is 0 Å². The van der Waals surface area contributed by atoms with Crippen molar-refractivity contribution in [2.24, 2.45) is 0 Å². The second-order valence-electron chi connectivity index (χ2n) is 4.84. The van der Waals surface area contributed by atoms with Gasteiger partial charge in [-0.25, -0.2) is 0 Å². The number of hydrogen-bond donors (Lipinski definition) is 1. The molecule has 0 amide bonds. The average Bonchev–Trinajstić information content (AvgIpc) is 2.92. The van der Waals surface area contributed by atoms with Gasteiger partial charge in [0, 0.05) is 25.8 Å². The molecule has 0 radical (unpaired) electrons. The number of aryl methyl sites for hydroxylation is 1. The quantitative estimate of drug-likeness (QED) is 0.779. The molecule has 0 aliphatic heterocycles. The number of likely N-dealkylation sites (N-methyl/N-ethyl adjacent to an activating group) is 1. The summed E-state index contributed by atoms with van der Waals surface area (Å²) >= 11 is 1.77. The van der Waals surface area contributed by atoms with Gasteiger partial charge in [0.1, 0.15) is 0 Å². The van der Waals surface area contributed by atoms with Gasteiger partial charge in [0.15, 0.2) is 0 Å². The van der Waals surface area contributed by atoms with Gasteiger partial charge in [0.05, 0.1) is 0 Å². The lowest BCUT2D eigenvalue weighted by molar-refractivity contribution is 0.675. The Morgan fingerprint density at radius 3 is 2.74 bits per heavy atom. The maximum absolute atomic E-state index is 3.51. The van der Waals surface area contributed by atoms with Gasteiger partial charge in [-0.05, 0) is 53.9 Å². The highest BCUT2D eigenvalue weighted by Gasteiger charge is 2.02. The maximum atomic E-state index is 3.51. The Hall–Kier alpha value is -1.32.